The van der Waals surface area contributed by atoms with Gasteiger partial charge in [-0.3, -0.25) is 9.59 Å². The maximum absolute atomic E-state index is 11.6. The van der Waals surface area contributed by atoms with Gasteiger partial charge in [0.2, 0.25) is 0 Å². The molecule has 13 heavy (non-hydrogen) atoms. The molecule has 0 heterocycles. The Kier molecular flexibility index (Phi) is 1.76. The van der Waals surface area contributed by atoms with Crippen LogP contribution in [0.2, 0.25) is 0 Å². The summed E-state index contributed by atoms with van der Waals surface area (Å²) in [5.74, 6) is 0.0281. The highest BCUT2D eigenvalue weighted by Crippen LogP contribution is 2.24. The summed E-state index contributed by atoms with van der Waals surface area (Å²) in [6, 6.07) is 7.04. The highest BCUT2D eigenvalue weighted by Gasteiger charge is 2.28. The van der Waals surface area contributed by atoms with Gasteiger partial charge in [0.05, 0.1) is 0 Å². The molecule has 0 aliphatic heterocycles. The number of fused-ring (bicyclic) bond motifs is 1. The maximum atomic E-state index is 11.6. The SMILES string of the molecule is C[C@H]1CC(=O)c2ccccc2C1=O. The van der Waals surface area contributed by atoms with Crippen LogP contribution in [0.4, 0.5) is 0 Å². The molecule has 2 rings (SSSR count). The number of hydrogen-bond acceptors (Lipinski definition) is 2. The highest BCUT2D eigenvalue weighted by atomic mass is 16.1. The second kappa shape index (κ2) is 2.80. The molecule has 0 saturated carbocycles. The fraction of sp³-hybridized carbons (Fsp3) is 0.273. The lowest BCUT2D eigenvalue weighted by molar-refractivity contribution is 0.0835. The van der Waals surface area contributed by atoms with Crippen molar-refractivity contribution in [1.82, 2.24) is 0 Å². The average molecular weight is 174 g/mol. The van der Waals surface area contributed by atoms with E-state index in [4.69, 9.17) is 0 Å². The monoisotopic (exact) mass is 174 g/mol. The third-order valence-corrected chi connectivity index (χ3v) is 2.43. The summed E-state index contributed by atoms with van der Waals surface area (Å²) in [4.78, 5) is 23.1. The van der Waals surface area contributed by atoms with E-state index in [2.05, 4.69) is 0 Å². The van der Waals surface area contributed by atoms with E-state index in [1.165, 1.54) is 0 Å². The van der Waals surface area contributed by atoms with Gasteiger partial charge < -0.3 is 0 Å². The zero-order valence-corrected chi connectivity index (χ0v) is 7.41. The highest BCUT2D eigenvalue weighted by molar-refractivity contribution is 6.14. The molecule has 1 aromatic carbocycles. The van der Waals surface area contributed by atoms with Gasteiger partial charge in [0, 0.05) is 23.5 Å². The molecule has 0 saturated heterocycles. The number of carbonyl (C=O) groups is 2. The largest absolute Gasteiger partial charge is 0.294 e. The van der Waals surface area contributed by atoms with Crippen molar-refractivity contribution in [1.29, 1.82) is 0 Å². The van der Waals surface area contributed by atoms with E-state index in [1.54, 1.807) is 31.2 Å². The minimum absolute atomic E-state index is 0.0858. The molecular weight excluding hydrogens is 164 g/mol. The van der Waals surface area contributed by atoms with E-state index in [9.17, 15) is 9.59 Å². The summed E-state index contributed by atoms with van der Waals surface area (Å²) in [5.41, 5.74) is 1.18. The third kappa shape index (κ3) is 1.18. The van der Waals surface area contributed by atoms with Gasteiger partial charge in [0.15, 0.2) is 11.6 Å². The second-order valence-corrected chi connectivity index (χ2v) is 3.44. The van der Waals surface area contributed by atoms with Crippen LogP contribution in [0.15, 0.2) is 24.3 Å². The number of carbonyl (C=O) groups excluding carboxylic acids is 2. The van der Waals surface area contributed by atoms with Crippen LogP contribution < -0.4 is 0 Å². The first kappa shape index (κ1) is 8.17. The van der Waals surface area contributed by atoms with Crippen molar-refractivity contribution in [3.05, 3.63) is 35.4 Å². The summed E-state index contributed by atoms with van der Waals surface area (Å²) in [6.45, 7) is 1.80. The average Bonchev–Trinajstić information content (AvgIpc) is 2.15. The number of hydrogen-bond donors (Lipinski definition) is 0. The Morgan fingerprint density at radius 1 is 1.15 bits per heavy atom. The van der Waals surface area contributed by atoms with Crippen LogP contribution in [-0.2, 0) is 0 Å². The Bertz CT molecular complexity index is 379. The molecule has 0 amide bonds. The minimum atomic E-state index is -0.151. The van der Waals surface area contributed by atoms with Crippen molar-refractivity contribution in [2.24, 2.45) is 5.92 Å². The molecule has 1 aliphatic carbocycles. The molecule has 66 valence electrons. The van der Waals surface area contributed by atoms with Gasteiger partial charge in [-0.2, -0.15) is 0 Å². The Labute approximate surface area is 76.6 Å². The topological polar surface area (TPSA) is 34.1 Å². The molecule has 0 fully saturated rings. The van der Waals surface area contributed by atoms with Crippen molar-refractivity contribution in [3.8, 4) is 0 Å². The summed E-state index contributed by atoms with van der Waals surface area (Å²) in [5, 5.41) is 0. The Morgan fingerprint density at radius 2 is 1.77 bits per heavy atom. The smallest absolute Gasteiger partial charge is 0.166 e. The third-order valence-electron chi connectivity index (χ3n) is 2.43. The Hall–Kier alpha value is -1.44. The van der Waals surface area contributed by atoms with E-state index in [0.29, 0.717) is 17.5 Å². The molecule has 0 spiro atoms. The number of rotatable bonds is 0. The Balaban J connectivity index is 2.60. The Morgan fingerprint density at radius 3 is 2.46 bits per heavy atom. The molecule has 0 unspecified atom stereocenters. The summed E-state index contributed by atoms with van der Waals surface area (Å²) >= 11 is 0. The van der Waals surface area contributed by atoms with Crippen molar-refractivity contribution in [2.45, 2.75) is 13.3 Å². The predicted molar refractivity (Wildman–Crippen MR) is 48.9 cm³/mol. The zero-order chi connectivity index (χ0) is 9.42. The molecule has 0 aromatic heterocycles. The molecule has 0 N–H and O–H groups in total. The lowest BCUT2D eigenvalue weighted by atomic mass is 9.83. The standard InChI is InChI=1S/C11H10O2/c1-7-6-10(12)8-4-2-3-5-9(8)11(7)13/h2-5,7H,6H2,1H3/t7-/m0/s1. The lowest BCUT2D eigenvalue weighted by Crippen LogP contribution is -2.24. The first-order chi connectivity index (χ1) is 6.20. The molecule has 2 nitrogen and oxygen atoms in total. The fourth-order valence-electron chi connectivity index (χ4n) is 1.69. The summed E-state index contributed by atoms with van der Waals surface area (Å²) in [6.07, 6.45) is 0.357. The first-order valence-electron chi connectivity index (χ1n) is 4.36. The minimum Gasteiger partial charge on any atom is -0.294 e. The number of ketones is 2. The number of Topliss-reactive ketones (excluding diaryl/α,β-unsaturated/α-hetero) is 2. The van der Waals surface area contributed by atoms with Gasteiger partial charge >= 0.3 is 0 Å². The van der Waals surface area contributed by atoms with Crippen molar-refractivity contribution < 1.29 is 9.59 Å². The van der Waals surface area contributed by atoms with Crippen molar-refractivity contribution in [2.75, 3.05) is 0 Å². The van der Waals surface area contributed by atoms with Gasteiger partial charge in [-0.05, 0) is 0 Å². The van der Waals surface area contributed by atoms with Gasteiger partial charge in [-0.15, -0.1) is 0 Å². The fourth-order valence-corrected chi connectivity index (χ4v) is 1.69. The second-order valence-electron chi connectivity index (χ2n) is 3.44. The van der Waals surface area contributed by atoms with Gasteiger partial charge in [-0.25, -0.2) is 0 Å². The van der Waals surface area contributed by atoms with E-state index in [1.807, 2.05) is 0 Å². The maximum Gasteiger partial charge on any atom is 0.166 e. The molecule has 2 heteroatoms. The van der Waals surface area contributed by atoms with Crippen LogP contribution >= 0.6 is 0 Å². The summed E-state index contributed by atoms with van der Waals surface area (Å²) in [7, 11) is 0. The van der Waals surface area contributed by atoms with Crippen molar-refractivity contribution >= 4 is 11.6 Å². The first-order valence-corrected chi connectivity index (χ1v) is 4.36. The molecular formula is C11H10O2. The van der Waals surface area contributed by atoms with Crippen molar-refractivity contribution in [3.63, 3.8) is 0 Å². The number of benzene rings is 1. The van der Waals surface area contributed by atoms with Crippen LogP contribution in [0.5, 0.6) is 0 Å². The van der Waals surface area contributed by atoms with Crippen LogP contribution in [0, 0.1) is 5.92 Å². The van der Waals surface area contributed by atoms with E-state index in [0.717, 1.165) is 0 Å². The van der Waals surface area contributed by atoms with Crippen LogP contribution in [0.25, 0.3) is 0 Å². The van der Waals surface area contributed by atoms with Gasteiger partial charge in [0.1, 0.15) is 0 Å². The normalized spacial score (nSPS) is 21.5. The zero-order valence-electron chi connectivity index (χ0n) is 7.41. The van der Waals surface area contributed by atoms with E-state index in [-0.39, 0.29) is 17.5 Å². The molecule has 1 aromatic rings. The van der Waals surface area contributed by atoms with Crippen LogP contribution in [0.3, 0.4) is 0 Å². The molecule has 0 radical (unpaired) electrons. The van der Waals surface area contributed by atoms with E-state index >= 15 is 0 Å². The van der Waals surface area contributed by atoms with Gasteiger partial charge in [-0.1, -0.05) is 31.2 Å². The van der Waals surface area contributed by atoms with Crippen LogP contribution in [0.1, 0.15) is 34.1 Å². The molecule has 0 bridgehead atoms. The summed E-state index contributed by atoms with van der Waals surface area (Å²) < 4.78 is 0. The quantitative estimate of drug-likeness (QED) is 0.603. The predicted octanol–water partition coefficient (Wildman–Crippen LogP) is 2.09. The lowest BCUT2D eigenvalue weighted by Gasteiger charge is -2.18. The van der Waals surface area contributed by atoms with Gasteiger partial charge in [0.25, 0.3) is 0 Å². The van der Waals surface area contributed by atoms with E-state index < -0.39 is 0 Å². The molecule has 1 aliphatic rings. The molecule has 1 atom stereocenters. The van der Waals surface area contributed by atoms with Crippen LogP contribution in [-0.4, -0.2) is 11.6 Å².